The molecular weight excluding hydrogens is 278 g/mol. The van der Waals surface area contributed by atoms with Crippen LogP contribution in [-0.4, -0.2) is 22.5 Å². The lowest BCUT2D eigenvalue weighted by Crippen LogP contribution is -2.35. The molecule has 2 heterocycles. The van der Waals surface area contributed by atoms with Gasteiger partial charge in [-0.1, -0.05) is 12.1 Å². The van der Waals surface area contributed by atoms with Crippen molar-refractivity contribution in [2.45, 2.75) is 45.9 Å². The van der Waals surface area contributed by atoms with E-state index >= 15 is 0 Å². The standard InChI is InChI=1S/C17H25N3S/c1-17(2,3)18-11-14-7-5-8-15(19-14)12-20(4)13-16-9-6-10-21-16/h5-10,18H,11-13H2,1-4H3. The highest BCUT2D eigenvalue weighted by molar-refractivity contribution is 7.09. The van der Waals surface area contributed by atoms with E-state index in [4.69, 9.17) is 4.98 Å². The van der Waals surface area contributed by atoms with Crippen molar-refractivity contribution in [1.82, 2.24) is 15.2 Å². The van der Waals surface area contributed by atoms with Crippen molar-refractivity contribution in [2.75, 3.05) is 7.05 Å². The molecule has 0 radical (unpaired) electrons. The smallest absolute Gasteiger partial charge is 0.0547 e. The van der Waals surface area contributed by atoms with Crippen LogP contribution >= 0.6 is 11.3 Å². The number of nitrogens with zero attached hydrogens (tertiary/aromatic N) is 2. The Balaban J connectivity index is 1.91. The minimum Gasteiger partial charge on any atom is -0.306 e. The normalized spacial score (nSPS) is 12.0. The quantitative estimate of drug-likeness (QED) is 0.882. The molecule has 2 aromatic rings. The molecule has 0 amide bonds. The van der Waals surface area contributed by atoms with Crippen molar-refractivity contribution in [3.05, 3.63) is 52.0 Å². The van der Waals surface area contributed by atoms with Crippen molar-refractivity contribution in [3.63, 3.8) is 0 Å². The largest absolute Gasteiger partial charge is 0.306 e. The van der Waals surface area contributed by atoms with Crippen molar-refractivity contribution in [1.29, 1.82) is 0 Å². The van der Waals surface area contributed by atoms with Gasteiger partial charge in [0.05, 0.1) is 11.4 Å². The molecule has 0 saturated carbocycles. The zero-order valence-electron chi connectivity index (χ0n) is 13.4. The minimum absolute atomic E-state index is 0.119. The zero-order valence-corrected chi connectivity index (χ0v) is 14.2. The van der Waals surface area contributed by atoms with Crippen molar-refractivity contribution >= 4 is 11.3 Å². The van der Waals surface area contributed by atoms with Crippen LogP contribution in [0, 0.1) is 0 Å². The van der Waals surface area contributed by atoms with Crippen LogP contribution in [0.3, 0.4) is 0 Å². The maximum Gasteiger partial charge on any atom is 0.0547 e. The molecule has 0 aliphatic rings. The van der Waals surface area contributed by atoms with Crippen LogP contribution in [0.25, 0.3) is 0 Å². The number of hydrogen-bond acceptors (Lipinski definition) is 4. The second kappa shape index (κ2) is 7.16. The molecule has 0 unspecified atom stereocenters. The van der Waals surface area contributed by atoms with Gasteiger partial charge in [0.2, 0.25) is 0 Å². The monoisotopic (exact) mass is 303 g/mol. The molecule has 0 aromatic carbocycles. The average Bonchev–Trinajstić information content (AvgIpc) is 2.88. The predicted molar refractivity (Wildman–Crippen MR) is 90.3 cm³/mol. The highest BCUT2D eigenvalue weighted by Gasteiger charge is 2.09. The second-order valence-corrected chi connectivity index (χ2v) is 7.51. The minimum atomic E-state index is 0.119. The molecule has 2 rings (SSSR count). The Hall–Kier alpha value is -1.23. The topological polar surface area (TPSA) is 28.2 Å². The number of pyridine rings is 1. The number of rotatable bonds is 6. The van der Waals surface area contributed by atoms with E-state index in [9.17, 15) is 0 Å². The molecule has 0 aliphatic carbocycles. The average molecular weight is 303 g/mol. The first-order valence-electron chi connectivity index (χ1n) is 7.33. The molecule has 3 nitrogen and oxygen atoms in total. The Labute approximate surface area is 132 Å². The maximum atomic E-state index is 4.74. The van der Waals surface area contributed by atoms with E-state index in [-0.39, 0.29) is 5.54 Å². The summed E-state index contributed by atoms with van der Waals surface area (Å²) in [6.45, 7) is 9.18. The van der Waals surface area contributed by atoms with Crippen LogP contribution in [0.2, 0.25) is 0 Å². The first-order chi connectivity index (χ1) is 9.92. The summed E-state index contributed by atoms with van der Waals surface area (Å²) in [6, 6.07) is 10.6. The van der Waals surface area contributed by atoms with Crippen LogP contribution in [0.4, 0.5) is 0 Å². The van der Waals surface area contributed by atoms with E-state index < -0.39 is 0 Å². The fraction of sp³-hybridized carbons (Fsp3) is 0.471. The van der Waals surface area contributed by atoms with E-state index in [1.165, 1.54) is 4.88 Å². The van der Waals surface area contributed by atoms with Gasteiger partial charge in [0.1, 0.15) is 0 Å². The Morgan fingerprint density at radius 3 is 2.52 bits per heavy atom. The molecule has 1 N–H and O–H groups in total. The number of thiophene rings is 1. The first kappa shape index (κ1) is 16.1. The second-order valence-electron chi connectivity index (χ2n) is 6.48. The maximum absolute atomic E-state index is 4.74. The van der Waals surface area contributed by atoms with Gasteiger partial charge in [-0.15, -0.1) is 11.3 Å². The molecule has 21 heavy (non-hydrogen) atoms. The predicted octanol–water partition coefficient (Wildman–Crippen LogP) is 3.66. The summed E-state index contributed by atoms with van der Waals surface area (Å²) in [5, 5.41) is 5.61. The van der Waals surface area contributed by atoms with Crippen molar-refractivity contribution in [2.24, 2.45) is 0 Å². The fourth-order valence-electron chi connectivity index (χ4n) is 2.07. The lowest BCUT2D eigenvalue weighted by Gasteiger charge is -2.20. The molecule has 2 aromatic heterocycles. The van der Waals surface area contributed by atoms with Gasteiger partial charge in [0.25, 0.3) is 0 Å². The molecule has 0 fully saturated rings. The summed E-state index contributed by atoms with van der Waals surface area (Å²) in [5.41, 5.74) is 2.35. The number of aromatic nitrogens is 1. The lowest BCUT2D eigenvalue weighted by atomic mass is 10.1. The van der Waals surface area contributed by atoms with E-state index in [1.54, 1.807) is 11.3 Å². The Morgan fingerprint density at radius 1 is 1.10 bits per heavy atom. The fourth-order valence-corrected chi connectivity index (χ4v) is 2.86. The van der Waals surface area contributed by atoms with E-state index in [2.05, 4.69) is 73.7 Å². The van der Waals surface area contributed by atoms with Gasteiger partial charge in [0, 0.05) is 30.1 Å². The molecule has 0 saturated heterocycles. The van der Waals surface area contributed by atoms with Crippen molar-refractivity contribution in [3.8, 4) is 0 Å². The summed E-state index contributed by atoms with van der Waals surface area (Å²) in [6.07, 6.45) is 0. The van der Waals surface area contributed by atoms with Crippen LogP contribution in [0.15, 0.2) is 35.7 Å². The van der Waals surface area contributed by atoms with Gasteiger partial charge in [-0.25, -0.2) is 0 Å². The van der Waals surface area contributed by atoms with Gasteiger partial charge in [-0.05, 0) is 51.4 Å². The molecular formula is C17H25N3S. The van der Waals surface area contributed by atoms with Crippen molar-refractivity contribution < 1.29 is 0 Å². The molecule has 4 heteroatoms. The molecule has 0 atom stereocenters. The Bertz CT molecular complexity index is 543. The summed E-state index contributed by atoms with van der Waals surface area (Å²) in [7, 11) is 2.14. The van der Waals surface area contributed by atoms with Gasteiger partial charge in [-0.3, -0.25) is 9.88 Å². The van der Waals surface area contributed by atoms with Gasteiger partial charge in [-0.2, -0.15) is 0 Å². The molecule has 0 aliphatic heterocycles. The van der Waals surface area contributed by atoms with Gasteiger partial charge >= 0.3 is 0 Å². The SMILES string of the molecule is CN(Cc1cccc(CNC(C)(C)C)n1)Cc1cccs1. The third kappa shape index (κ3) is 5.96. The Morgan fingerprint density at radius 2 is 1.86 bits per heavy atom. The summed E-state index contributed by atoms with van der Waals surface area (Å²) < 4.78 is 0. The van der Waals surface area contributed by atoms with Crippen LogP contribution in [0.1, 0.15) is 37.0 Å². The molecule has 0 bridgehead atoms. The highest BCUT2D eigenvalue weighted by atomic mass is 32.1. The third-order valence-corrected chi connectivity index (χ3v) is 3.96. The summed E-state index contributed by atoms with van der Waals surface area (Å²) in [5.74, 6) is 0. The molecule has 114 valence electrons. The van der Waals surface area contributed by atoms with Crippen LogP contribution in [-0.2, 0) is 19.6 Å². The van der Waals surface area contributed by atoms with Crippen LogP contribution in [0.5, 0.6) is 0 Å². The number of hydrogen-bond donors (Lipinski definition) is 1. The first-order valence-corrected chi connectivity index (χ1v) is 8.21. The Kier molecular flexibility index (Phi) is 5.51. The summed E-state index contributed by atoms with van der Waals surface area (Å²) >= 11 is 1.80. The van der Waals surface area contributed by atoms with Crippen LogP contribution < -0.4 is 5.32 Å². The van der Waals surface area contributed by atoms with E-state index in [1.807, 2.05) is 0 Å². The van der Waals surface area contributed by atoms with E-state index in [0.717, 1.165) is 31.0 Å². The summed E-state index contributed by atoms with van der Waals surface area (Å²) in [4.78, 5) is 8.44. The molecule has 0 spiro atoms. The zero-order chi connectivity index (χ0) is 15.3. The highest BCUT2D eigenvalue weighted by Crippen LogP contribution is 2.12. The number of nitrogens with one attached hydrogen (secondary N) is 1. The van der Waals surface area contributed by atoms with E-state index in [0.29, 0.717) is 0 Å². The lowest BCUT2D eigenvalue weighted by molar-refractivity contribution is 0.317. The third-order valence-electron chi connectivity index (χ3n) is 3.10. The van der Waals surface area contributed by atoms with Gasteiger partial charge in [0.15, 0.2) is 0 Å². The van der Waals surface area contributed by atoms with Gasteiger partial charge < -0.3 is 5.32 Å².